The van der Waals surface area contributed by atoms with Gasteiger partial charge in [0.15, 0.2) is 0 Å². The highest BCUT2D eigenvalue weighted by atomic mass is 19.3. The summed E-state index contributed by atoms with van der Waals surface area (Å²) >= 11 is 0. The van der Waals surface area contributed by atoms with Gasteiger partial charge in [0.2, 0.25) is 5.91 Å². The number of halogens is 2. The topological polar surface area (TPSA) is 50.4 Å². The minimum atomic E-state index is -2.45. The Balaban J connectivity index is 1.83. The molecule has 0 aromatic rings. The number of rotatable bonds is 8. The minimum absolute atomic E-state index is 0.123. The van der Waals surface area contributed by atoms with Gasteiger partial charge in [0, 0.05) is 12.6 Å². The van der Waals surface area contributed by atoms with E-state index < -0.39 is 13.0 Å². The number of alkyl halides is 2. The molecule has 4 nitrogen and oxygen atoms in total. The molecule has 0 spiro atoms. The summed E-state index contributed by atoms with van der Waals surface area (Å²) in [7, 11) is 0. The zero-order valence-corrected chi connectivity index (χ0v) is 8.47. The van der Waals surface area contributed by atoms with Gasteiger partial charge in [-0.15, -0.1) is 0 Å². The maximum Gasteiger partial charge on any atom is 0.261 e. The SMILES string of the molecule is O=C(CNC1CC1)NCCOCC(F)F. The lowest BCUT2D eigenvalue weighted by atomic mass is 10.5. The molecule has 1 saturated carbocycles. The molecule has 1 aliphatic carbocycles. The summed E-state index contributed by atoms with van der Waals surface area (Å²) < 4.78 is 27.8. The number of carbonyl (C=O) groups is 1. The summed E-state index contributed by atoms with van der Waals surface area (Å²) in [4.78, 5) is 11.1. The fourth-order valence-corrected chi connectivity index (χ4v) is 1.02. The molecule has 0 heterocycles. The van der Waals surface area contributed by atoms with Crippen LogP contribution in [0.15, 0.2) is 0 Å². The average molecular weight is 222 g/mol. The lowest BCUT2D eigenvalue weighted by Gasteiger charge is -2.06. The van der Waals surface area contributed by atoms with E-state index in [4.69, 9.17) is 0 Å². The summed E-state index contributed by atoms with van der Waals surface area (Å²) in [6.07, 6.45) is -0.188. The van der Waals surface area contributed by atoms with Crippen LogP contribution in [0.5, 0.6) is 0 Å². The van der Waals surface area contributed by atoms with Crippen molar-refractivity contribution < 1.29 is 18.3 Å². The molecule has 0 aliphatic heterocycles. The number of hydrogen-bond acceptors (Lipinski definition) is 3. The van der Waals surface area contributed by atoms with E-state index in [2.05, 4.69) is 15.4 Å². The number of hydrogen-bond donors (Lipinski definition) is 2. The molecule has 0 radical (unpaired) electrons. The van der Waals surface area contributed by atoms with E-state index >= 15 is 0 Å². The summed E-state index contributed by atoms with van der Waals surface area (Å²) in [5.74, 6) is -0.123. The van der Waals surface area contributed by atoms with E-state index in [0.29, 0.717) is 12.6 Å². The summed E-state index contributed by atoms with van der Waals surface area (Å²) in [5, 5.41) is 5.61. The predicted octanol–water partition coefficient (Wildman–Crippen LogP) is 0.136. The Labute approximate surface area is 87.4 Å². The van der Waals surface area contributed by atoms with E-state index in [1.165, 1.54) is 0 Å². The second-order valence-electron chi connectivity index (χ2n) is 3.47. The predicted molar refractivity (Wildman–Crippen MR) is 50.9 cm³/mol. The molecule has 1 amide bonds. The third kappa shape index (κ3) is 7.21. The van der Waals surface area contributed by atoms with Crippen molar-refractivity contribution in [3.8, 4) is 0 Å². The van der Waals surface area contributed by atoms with Crippen LogP contribution < -0.4 is 10.6 Å². The monoisotopic (exact) mass is 222 g/mol. The van der Waals surface area contributed by atoms with Crippen molar-refractivity contribution in [3.05, 3.63) is 0 Å². The second-order valence-corrected chi connectivity index (χ2v) is 3.47. The van der Waals surface area contributed by atoms with Crippen LogP contribution in [0.4, 0.5) is 8.78 Å². The van der Waals surface area contributed by atoms with Crippen molar-refractivity contribution in [2.24, 2.45) is 0 Å². The van der Waals surface area contributed by atoms with Gasteiger partial charge in [0.1, 0.15) is 6.61 Å². The smallest absolute Gasteiger partial charge is 0.261 e. The number of carbonyl (C=O) groups excluding carboxylic acids is 1. The average Bonchev–Trinajstić information content (AvgIpc) is 2.97. The summed E-state index contributed by atoms with van der Waals surface area (Å²) in [5.41, 5.74) is 0. The van der Waals surface area contributed by atoms with Gasteiger partial charge in [-0.2, -0.15) is 0 Å². The molecule has 0 unspecified atom stereocenters. The molecule has 88 valence electrons. The highest BCUT2D eigenvalue weighted by molar-refractivity contribution is 5.78. The third-order valence-electron chi connectivity index (χ3n) is 1.94. The molecule has 2 N–H and O–H groups in total. The van der Waals surface area contributed by atoms with Crippen LogP contribution >= 0.6 is 0 Å². The van der Waals surface area contributed by atoms with Gasteiger partial charge in [-0.05, 0) is 12.8 Å². The van der Waals surface area contributed by atoms with E-state index in [0.717, 1.165) is 12.8 Å². The first-order valence-electron chi connectivity index (χ1n) is 5.04. The number of amides is 1. The van der Waals surface area contributed by atoms with Crippen molar-refractivity contribution in [1.82, 2.24) is 10.6 Å². The summed E-state index contributed by atoms with van der Waals surface area (Å²) in [6.45, 7) is 0.118. The van der Waals surface area contributed by atoms with Crippen LogP contribution in [-0.2, 0) is 9.53 Å². The van der Waals surface area contributed by atoms with Gasteiger partial charge in [0.05, 0.1) is 13.2 Å². The molecule has 0 bridgehead atoms. The molecule has 0 saturated heterocycles. The van der Waals surface area contributed by atoms with Crippen LogP contribution in [0.2, 0.25) is 0 Å². The first-order chi connectivity index (χ1) is 7.18. The highest BCUT2D eigenvalue weighted by Gasteiger charge is 2.20. The van der Waals surface area contributed by atoms with E-state index in [1.807, 2.05) is 0 Å². The van der Waals surface area contributed by atoms with Crippen LogP contribution in [0.25, 0.3) is 0 Å². The zero-order valence-electron chi connectivity index (χ0n) is 8.47. The Hall–Kier alpha value is -0.750. The Kier molecular flexibility index (Phi) is 5.49. The van der Waals surface area contributed by atoms with Crippen molar-refractivity contribution in [2.75, 3.05) is 26.3 Å². The third-order valence-corrected chi connectivity index (χ3v) is 1.94. The lowest BCUT2D eigenvalue weighted by molar-refractivity contribution is -0.120. The molecule has 0 aromatic carbocycles. The van der Waals surface area contributed by atoms with Crippen LogP contribution in [0.1, 0.15) is 12.8 Å². The molecular weight excluding hydrogens is 206 g/mol. The molecule has 1 fully saturated rings. The number of nitrogens with one attached hydrogen (secondary N) is 2. The quantitative estimate of drug-likeness (QED) is 0.574. The van der Waals surface area contributed by atoms with E-state index in [9.17, 15) is 13.6 Å². The Morgan fingerprint density at radius 3 is 2.80 bits per heavy atom. The minimum Gasteiger partial charge on any atom is -0.374 e. The van der Waals surface area contributed by atoms with Crippen molar-refractivity contribution >= 4 is 5.91 Å². The fourth-order valence-electron chi connectivity index (χ4n) is 1.02. The first kappa shape index (κ1) is 12.3. The van der Waals surface area contributed by atoms with Crippen molar-refractivity contribution in [1.29, 1.82) is 0 Å². The maximum absolute atomic E-state index is 11.6. The zero-order chi connectivity index (χ0) is 11.1. The molecule has 0 aromatic heterocycles. The fraction of sp³-hybridized carbons (Fsp3) is 0.889. The van der Waals surface area contributed by atoms with Crippen LogP contribution in [0, 0.1) is 0 Å². The Morgan fingerprint density at radius 2 is 2.20 bits per heavy atom. The summed E-state index contributed by atoms with van der Waals surface area (Å²) in [6, 6.07) is 0.492. The van der Waals surface area contributed by atoms with Crippen molar-refractivity contribution in [2.45, 2.75) is 25.3 Å². The first-order valence-corrected chi connectivity index (χ1v) is 5.04. The molecule has 15 heavy (non-hydrogen) atoms. The maximum atomic E-state index is 11.6. The van der Waals surface area contributed by atoms with Gasteiger partial charge < -0.3 is 15.4 Å². The van der Waals surface area contributed by atoms with E-state index in [1.54, 1.807) is 0 Å². The molecule has 1 aliphatic rings. The van der Waals surface area contributed by atoms with E-state index in [-0.39, 0.29) is 19.1 Å². The highest BCUT2D eigenvalue weighted by Crippen LogP contribution is 2.17. The molecular formula is C9H16F2N2O2. The lowest BCUT2D eigenvalue weighted by Crippen LogP contribution is -2.36. The van der Waals surface area contributed by atoms with Gasteiger partial charge >= 0.3 is 0 Å². The number of ether oxygens (including phenoxy) is 1. The largest absolute Gasteiger partial charge is 0.374 e. The van der Waals surface area contributed by atoms with Crippen LogP contribution in [-0.4, -0.2) is 44.7 Å². The molecule has 0 atom stereocenters. The van der Waals surface area contributed by atoms with Gasteiger partial charge in [0.25, 0.3) is 6.43 Å². The Bertz CT molecular complexity index is 199. The molecule has 6 heteroatoms. The standard InChI is InChI=1S/C9H16F2N2O2/c10-8(11)6-15-4-3-12-9(14)5-13-7-1-2-7/h7-8,13H,1-6H2,(H,12,14). The second kappa shape index (κ2) is 6.68. The van der Waals surface area contributed by atoms with Crippen LogP contribution in [0.3, 0.4) is 0 Å². The molecule has 1 rings (SSSR count). The Morgan fingerprint density at radius 1 is 1.47 bits per heavy atom. The van der Waals surface area contributed by atoms with Gasteiger partial charge in [-0.25, -0.2) is 8.78 Å². The normalized spacial score (nSPS) is 15.7. The van der Waals surface area contributed by atoms with Gasteiger partial charge in [-0.3, -0.25) is 4.79 Å². The van der Waals surface area contributed by atoms with Gasteiger partial charge in [-0.1, -0.05) is 0 Å². The van der Waals surface area contributed by atoms with Crippen molar-refractivity contribution in [3.63, 3.8) is 0 Å².